The van der Waals surface area contributed by atoms with Crippen molar-refractivity contribution < 1.29 is 10.2 Å². The van der Waals surface area contributed by atoms with E-state index in [1.807, 2.05) is 66.7 Å². The largest absolute Gasteiger partial charge is 0.508 e. The van der Waals surface area contributed by atoms with Gasteiger partial charge in [-0.25, -0.2) is 0 Å². The van der Waals surface area contributed by atoms with Crippen molar-refractivity contribution in [1.82, 2.24) is 0 Å². The van der Waals surface area contributed by atoms with Gasteiger partial charge in [0.25, 0.3) is 0 Å². The highest BCUT2D eigenvalue weighted by Crippen LogP contribution is 2.28. The van der Waals surface area contributed by atoms with Crippen LogP contribution in [0.4, 0.5) is 0 Å². The van der Waals surface area contributed by atoms with Gasteiger partial charge in [0.05, 0.1) is 5.02 Å². The third kappa shape index (κ3) is 6.28. The van der Waals surface area contributed by atoms with Crippen LogP contribution in [0.25, 0.3) is 0 Å². The minimum atomic E-state index is 0.144. The fourth-order valence-corrected chi connectivity index (χ4v) is 3.42. The number of phenols is 2. The minimum Gasteiger partial charge on any atom is -0.508 e. The maximum absolute atomic E-state index is 9.64. The predicted octanol–water partition coefficient (Wildman–Crippen LogP) is 7.27. The molecule has 0 aliphatic heterocycles. The summed E-state index contributed by atoms with van der Waals surface area (Å²) in [4.78, 5) is 0. The van der Waals surface area contributed by atoms with Gasteiger partial charge in [-0.15, -0.1) is 0 Å². The van der Waals surface area contributed by atoms with E-state index in [4.69, 9.17) is 23.2 Å². The second-order valence-corrected chi connectivity index (χ2v) is 7.66. The Bertz CT molecular complexity index is 1040. The lowest BCUT2D eigenvalue weighted by atomic mass is 10.0. The first-order valence-corrected chi connectivity index (χ1v) is 10.3. The summed E-state index contributed by atoms with van der Waals surface area (Å²) in [6, 6.07) is 30.5. The molecule has 4 aromatic carbocycles. The number of rotatable bonds is 4. The van der Waals surface area contributed by atoms with Crippen LogP contribution in [0.5, 0.6) is 11.5 Å². The molecule has 152 valence electrons. The van der Waals surface area contributed by atoms with E-state index in [0.29, 0.717) is 22.2 Å². The molecule has 4 rings (SSSR count). The molecule has 0 bridgehead atoms. The second kappa shape index (κ2) is 10.7. The summed E-state index contributed by atoms with van der Waals surface area (Å²) in [5.41, 5.74) is 4.15. The normalized spacial score (nSPS) is 10.2. The Balaban J connectivity index is 0.000000171. The molecule has 0 radical (unpaired) electrons. The van der Waals surface area contributed by atoms with Crippen LogP contribution in [0.15, 0.2) is 97.1 Å². The van der Waals surface area contributed by atoms with Crippen molar-refractivity contribution in [3.63, 3.8) is 0 Å². The molecule has 0 atom stereocenters. The Morgan fingerprint density at radius 2 is 1.10 bits per heavy atom. The number of aromatic hydroxyl groups is 2. The third-order valence-corrected chi connectivity index (χ3v) is 5.25. The molecule has 0 aromatic heterocycles. The van der Waals surface area contributed by atoms with Gasteiger partial charge >= 0.3 is 0 Å². The lowest BCUT2D eigenvalue weighted by Gasteiger charge is -2.05. The lowest BCUT2D eigenvalue weighted by molar-refractivity contribution is 0.469. The van der Waals surface area contributed by atoms with E-state index in [9.17, 15) is 10.2 Å². The van der Waals surface area contributed by atoms with Crippen LogP contribution < -0.4 is 0 Å². The van der Waals surface area contributed by atoms with Crippen LogP contribution in [0, 0.1) is 0 Å². The van der Waals surface area contributed by atoms with Crippen molar-refractivity contribution in [1.29, 1.82) is 0 Å². The van der Waals surface area contributed by atoms with Crippen LogP contribution >= 0.6 is 23.2 Å². The van der Waals surface area contributed by atoms with Gasteiger partial charge in [-0.1, -0.05) is 96.0 Å². The molecule has 0 fully saturated rings. The van der Waals surface area contributed by atoms with E-state index in [-0.39, 0.29) is 5.75 Å². The Hall–Kier alpha value is -2.94. The molecule has 0 aliphatic carbocycles. The highest BCUT2D eigenvalue weighted by atomic mass is 35.5. The first-order chi connectivity index (χ1) is 14.5. The van der Waals surface area contributed by atoms with Crippen LogP contribution in [0.2, 0.25) is 10.0 Å². The summed E-state index contributed by atoms with van der Waals surface area (Å²) in [5, 5.41) is 20.2. The monoisotopic (exact) mass is 436 g/mol. The second-order valence-electron chi connectivity index (χ2n) is 6.85. The minimum absolute atomic E-state index is 0.144. The average molecular weight is 437 g/mol. The van der Waals surface area contributed by atoms with Crippen molar-refractivity contribution in [3.05, 3.63) is 129 Å². The van der Waals surface area contributed by atoms with Crippen molar-refractivity contribution in [2.24, 2.45) is 0 Å². The summed E-state index contributed by atoms with van der Waals surface area (Å²) in [5.74, 6) is 0.438. The van der Waals surface area contributed by atoms with Gasteiger partial charge in [0.1, 0.15) is 11.5 Å². The van der Waals surface area contributed by atoms with Crippen molar-refractivity contribution >= 4 is 23.2 Å². The number of hydrogen-bond acceptors (Lipinski definition) is 2. The topological polar surface area (TPSA) is 40.5 Å². The molecule has 0 saturated carbocycles. The highest BCUT2D eigenvalue weighted by Gasteiger charge is 2.05. The van der Waals surface area contributed by atoms with Gasteiger partial charge in [0.15, 0.2) is 0 Å². The SMILES string of the molecule is Oc1ccc(Cl)cc1Cc1ccccc1.Oc1cccc(Cc2ccccc2)c1Cl. The van der Waals surface area contributed by atoms with Crippen LogP contribution in [0.3, 0.4) is 0 Å². The molecular formula is C26H22Cl2O2. The van der Waals surface area contributed by atoms with Gasteiger partial charge in [0.2, 0.25) is 0 Å². The zero-order valence-electron chi connectivity index (χ0n) is 16.3. The summed E-state index contributed by atoms with van der Waals surface area (Å²) >= 11 is 11.9. The first-order valence-electron chi connectivity index (χ1n) is 9.54. The van der Waals surface area contributed by atoms with Crippen molar-refractivity contribution in [2.75, 3.05) is 0 Å². The van der Waals surface area contributed by atoms with E-state index in [2.05, 4.69) is 0 Å². The summed E-state index contributed by atoms with van der Waals surface area (Å²) in [6.07, 6.45) is 1.45. The number of benzene rings is 4. The van der Waals surface area contributed by atoms with Crippen molar-refractivity contribution in [2.45, 2.75) is 12.8 Å². The smallest absolute Gasteiger partial charge is 0.134 e. The summed E-state index contributed by atoms with van der Waals surface area (Å²) < 4.78 is 0. The Morgan fingerprint density at radius 1 is 0.533 bits per heavy atom. The quantitative estimate of drug-likeness (QED) is 0.352. The zero-order valence-corrected chi connectivity index (χ0v) is 17.8. The Morgan fingerprint density at radius 3 is 1.70 bits per heavy atom. The van der Waals surface area contributed by atoms with Crippen LogP contribution in [0.1, 0.15) is 22.3 Å². The van der Waals surface area contributed by atoms with E-state index in [0.717, 1.165) is 23.1 Å². The van der Waals surface area contributed by atoms with Gasteiger partial charge in [0, 0.05) is 11.4 Å². The summed E-state index contributed by atoms with van der Waals surface area (Å²) in [6.45, 7) is 0. The first kappa shape index (κ1) is 21.8. The standard InChI is InChI=1S/2C13H11ClO/c14-13-11(7-4-8-12(13)15)9-10-5-2-1-3-6-10;14-12-6-7-13(15)11(9-12)8-10-4-2-1-3-5-10/h1-8,15H,9H2;1-7,9,15H,8H2. The van der Waals surface area contributed by atoms with Crippen LogP contribution in [-0.4, -0.2) is 10.2 Å². The molecule has 0 spiro atoms. The highest BCUT2D eigenvalue weighted by molar-refractivity contribution is 6.32. The maximum atomic E-state index is 9.64. The molecule has 0 aliphatic rings. The fourth-order valence-electron chi connectivity index (χ4n) is 3.03. The Labute approximate surface area is 187 Å². The fraction of sp³-hybridized carbons (Fsp3) is 0.0769. The molecule has 4 heteroatoms. The lowest BCUT2D eigenvalue weighted by Crippen LogP contribution is -1.88. The van der Waals surface area contributed by atoms with Crippen molar-refractivity contribution in [3.8, 4) is 11.5 Å². The maximum Gasteiger partial charge on any atom is 0.134 e. The number of phenolic OH excluding ortho intramolecular Hbond substituents is 2. The molecule has 0 amide bonds. The number of halogens is 2. The van der Waals surface area contributed by atoms with Gasteiger partial charge < -0.3 is 10.2 Å². The van der Waals surface area contributed by atoms with Gasteiger partial charge in [-0.2, -0.15) is 0 Å². The van der Waals surface area contributed by atoms with E-state index in [1.165, 1.54) is 5.56 Å². The van der Waals surface area contributed by atoms with Gasteiger partial charge in [-0.3, -0.25) is 0 Å². The van der Waals surface area contributed by atoms with E-state index < -0.39 is 0 Å². The molecule has 0 heterocycles. The Kier molecular flexibility index (Phi) is 7.78. The molecule has 2 nitrogen and oxygen atoms in total. The number of hydrogen-bond donors (Lipinski definition) is 2. The molecule has 4 aromatic rings. The molecule has 30 heavy (non-hydrogen) atoms. The molecular weight excluding hydrogens is 415 g/mol. The van der Waals surface area contributed by atoms with E-state index in [1.54, 1.807) is 30.3 Å². The molecule has 0 saturated heterocycles. The van der Waals surface area contributed by atoms with Gasteiger partial charge in [-0.05, 0) is 52.9 Å². The van der Waals surface area contributed by atoms with E-state index >= 15 is 0 Å². The third-order valence-electron chi connectivity index (χ3n) is 4.57. The average Bonchev–Trinajstić information content (AvgIpc) is 2.76. The summed E-state index contributed by atoms with van der Waals surface area (Å²) in [7, 11) is 0. The van der Waals surface area contributed by atoms with Crippen LogP contribution in [-0.2, 0) is 12.8 Å². The molecule has 0 unspecified atom stereocenters. The zero-order chi connectivity index (χ0) is 21.3. The predicted molar refractivity (Wildman–Crippen MR) is 125 cm³/mol. The molecule has 2 N–H and O–H groups in total.